The fraction of sp³-hybridized carbons (Fsp3) is 0.556. The summed E-state index contributed by atoms with van der Waals surface area (Å²) in [6.45, 7) is 4.39. The van der Waals surface area contributed by atoms with E-state index in [1.165, 1.54) is 23.5 Å². The first kappa shape index (κ1) is 22.6. The Labute approximate surface area is 171 Å². The summed E-state index contributed by atoms with van der Waals surface area (Å²) in [5, 5.41) is 4.05. The van der Waals surface area contributed by atoms with E-state index >= 15 is 0 Å². The average molecular weight is 431 g/mol. The van der Waals surface area contributed by atoms with Crippen LogP contribution in [0.5, 0.6) is 5.75 Å². The number of halogens is 1. The van der Waals surface area contributed by atoms with Crippen molar-refractivity contribution in [3.63, 3.8) is 0 Å². The zero-order valence-electron chi connectivity index (χ0n) is 16.3. The van der Waals surface area contributed by atoms with Gasteiger partial charge in [0.2, 0.25) is 10.0 Å². The van der Waals surface area contributed by atoms with Crippen molar-refractivity contribution in [1.82, 2.24) is 14.4 Å². The third-order valence-electron chi connectivity index (χ3n) is 5.11. The average Bonchev–Trinajstić information content (AvgIpc) is 3.32. The minimum absolute atomic E-state index is 0. The smallest absolute Gasteiger partial charge is 0.261 e. The van der Waals surface area contributed by atoms with Gasteiger partial charge in [-0.1, -0.05) is 31.8 Å². The Kier molecular flexibility index (Phi) is 7.08. The molecular weight excluding hydrogens is 404 g/mol. The van der Waals surface area contributed by atoms with Crippen LogP contribution in [-0.2, 0) is 15.6 Å². The van der Waals surface area contributed by atoms with Crippen molar-refractivity contribution in [2.75, 3.05) is 20.2 Å². The van der Waals surface area contributed by atoms with Crippen molar-refractivity contribution >= 4 is 22.4 Å². The molecule has 0 aliphatic heterocycles. The molecule has 1 aliphatic rings. The third kappa shape index (κ3) is 4.03. The second-order valence-electron chi connectivity index (χ2n) is 6.74. The third-order valence-corrected chi connectivity index (χ3v) is 7.16. The molecule has 0 unspecified atom stereocenters. The van der Waals surface area contributed by atoms with Crippen molar-refractivity contribution in [2.24, 2.45) is 5.73 Å². The standard InChI is InChI=1S/C18H26N4O4S.ClH/c1-4-22(5-2)27(23,24)13-8-9-15(25-3)14(12-13)16-20-17(21-26-16)18(19)10-6-7-11-18;/h8-9,12H,4-7,10-11,19H2,1-3H3;1H. The van der Waals surface area contributed by atoms with Crippen molar-refractivity contribution < 1.29 is 17.7 Å². The molecule has 1 aromatic carbocycles. The predicted octanol–water partition coefficient (Wildman–Crippen LogP) is 2.93. The van der Waals surface area contributed by atoms with Crippen LogP contribution < -0.4 is 10.5 Å². The first-order valence-corrected chi connectivity index (χ1v) is 10.6. The van der Waals surface area contributed by atoms with Crippen LogP contribution in [0.1, 0.15) is 45.4 Å². The van der Waals surface area contributed by atoms with E-state index in [0.717, 1.165) is 25.7 Å². The van der Waals surface area contributed by atoms with Gasteiger partial charge < -0.3 is 15.0 Å². The van der Waals surface area contributed by atoms with Gasteiger partial charge in [-0.25, -0.2) is 8.42 Å². The summed E-state index contributed by atoms with van der Waals surface area (Å²) < 4.78 is 37.9. The Morgan fingerprint density at radius 2 is 1.89 bits per heavy atom. The number of sulfonamides is 1. The summed E-state index contributed by atoms with van der Waals surface area (Å²) >= 11 is 0. The van der Waals surface area contributed by atoms with E-state index in [2.05, 4.69) is 10.1 Å². The van der Waals surface area contributed by atoms with E-state index in [4.69, 9.17) is 15.0 Å². The number of rotatable bonds is 7. The molecule has 1 aliphatic carbocycles. The maximum Gasteiger partial charge on any atom is 0.261 e. The quantitative estimate of drug-likeness (QED) is 0.718. The van der Waals surface area contributed by atoms with Crippen LogP contribution in [-0.4, -0.2) is 43.1 Å². The monoisotopic (exact) mass is 430 g/mol. The van der Waals surface area contributed by atoms with Gasteiger partial charge in [0.1, 0.15) is 5.75 Å². The van der Waals surface area contributed by atoms with E-state index in [1.807, 2.05) is 0 Å². The molecule has 2 aromatic rings. The summed E-state index contributed by atoms with van der Waals surface area (Å²) in [4.78, 5) is 4.62. The highest BCUT2D eigenvalue weighted by atomic mass is 35.5. The molecule has 8 nitrogen and oxygen atoms in total. The molecule has 0 amide bonds. The van der Waals surface area contributed by atoms with Crippen molar-refractivity contribution in [1.29, 1.82) is 0 Å². The van der Waals surface area contributed by atoms with Crippen molar-refractivity contribution in [2.45, 2.75) is 50.0 Å². The van der Waals surface area contributed by atoms with E-state index in [-0.39, 0.29) is 23.2 Å². The lowest BCUT2D eigenvalue weighted by atomic mass is 9.99. The molecule has 10 heteroatoms. The highest BCUT2D eigenvalue weighted by Crippen LogP contribution is 2.37. The normalized spacial score (nSPS) is 16.2. The molecule has 0 saturated heterocycles. The summed E-state index contributed by atoms with van der Waals surface area (Å²) in [7, 11) is -2.10. The van der Waals surface area contributed by atoms with Gasteiger partial charge in [0, 0.05) is 13.1 Å². The molecule has 1 fully saturated rings. The molecule has 0 spiro atoms. The largest absolute Gasteiger partial charge is 0.496 e. The minimum Gasteiger partial charge on any atom is -0.496 e. The second-order valence-corrected chi connectivity index (χ2v) is 8.68. The molecule has 1 aromatic heterocycles. The number of hydrogen-bond acceptors (Lipinski definition) is 7. The highest BCUT2D eigenvalue weighted by molar-refractivity contribution is 7.89. The van der Waals surface area contributed by atoms with Gasteiger partial charge in [-0.15, -0.1) is 12.4 Å². The molecular formula is C18H27ClN4O4S. The fourth-order valence-electron chi connectivity index (χ4n) is 3.49. The summed E-state index contributed by atoms with van der Waals surface area (Å²) in [5.74, 6) is 1.12. The Morgan fingerprint density at radius 1 is 1.25 bits per heavy atom. The van der Waals surface area contributed by atoms with Crippen LogP contribution in [0.15, 0.2) is 27.6 Å². The van der Waals surface area contributed by atoms with Gasteiger partial charge >= 0.3 is 0 Å². The van der Waals surface area contributed by atoms with Crippen molar-refractivity contribution in [3.8, 4) is 17.2 Å². The zero-order valence-corrected chi connectivity index (χ0v) is 18.0. The molecule has 156 valence electrons. The van der Waals surface area contributed by atoms with Gasteiger partial charge in [0.25, 0.3) is 5.89 Å². The maximum absolute atomic E-state index is 12.8. The lowest BCUT2D eigenvalue weighted by Gasteiger charge is -2.19. The topological polar surface area (TPSA) is 112 Å². The lowest BCUT2D eigenvalue weighted by molar-refractivity contribution is 0.370. The maximum atomic E-state index is 12.8. The van der Waals surface area contributed by atoms with E-state index < -0.39 is 15.6 Å². The fourth-order valence-corrected chi connectivity index (χ4v) is 4.98. The second kappa shape index (κ2) is 8.77. The van der Waals surface area contributed by atoms with Crippen LogP contribution in [0.25, 0.3) is 11.5 Å². The van der Waals surface area contributed by atoms with E-state index in [1.54, 1.807) is 19.9 Å². The molecule has 3 rings (SSSR count). The molecule has 1 saturated carbocycles. The highest BCUT2D eigenvalue weighted by Gasteiger charge is 2.36. The van der Waals surface area contributed by atoms with E-state index in [0.29, 0.717) is 30.2 Å². The van der Waals surface area contributed by atoms with Gasteiger partial charge in [-0.3, -0.25) is 0 Å². The van der Waals surface area contributed by atoms with Crippen LogP contribution in [0, 0.1) is 0 Å². The zero-order chi connectivity index (χ0) is 19.7. The Bertz CT molecular complexity index is 906. The number of hydrogen-bond donors (Lipinski definition) is 1. The first-order valence-electron chi connectivity index (χ1n) is 9.17. The minimum atomic E-state index is -3.61. The number of nitrogens with two attached hydrogens (primary N) is 1. The summed E-state index contributed by atoms with van der Waals surface area (Å²) in [6.07, 6.45) is 3.67. The summed E-state index contributed by atoms with van der Waals surface area (Å²) in [6, 6.07) is 4.64. The van der Waals surface area contributed by atoms with Gasteiger partial charge in [0.15, 0.2) is 5.82 Å². The van der Waals surface area contributed by atoms with Gasteiger partial charge in [0.05, 0.1) is 23.1 Å². The Morgan fingerprint density at radius 3 is 2.46 bits per heavy atom. The van der Waals surface area contributed by atoms with Gasteiger partial charge in [-0.2, -0.15) is 9.29 Å². The van der Waals surface area contributed by atoms with Crippen LogP contribution in [0.3, 0.4) is 0 Å². The molecule has 28 heavy (non-hydrogen) atoms. The Hall–Kier alpha value is -1.68. The van der Waals surface area contributed by atoms with Crippen LogP contribution in [0.4, 0.5) is 0 Å². The number of benzene rings is 1. The molecule has 0 atom stereocenters. The number of aromatic nitrogens is 2. The van der Waals surface area contributed by atoms with Crippen LogP contribution in [0.2, 0.25) is 0 Å². The number of methoxy groups -OCH3 is 1. The lowest BCUT2D eigenvalue weighted by Crippen LogP contribution is -2.34. The molecule has 0 radical (unpaired) electrons. The first-order chi connectivity index (χ1) is 12.9. The molecule has 2 N–H and O–H groups in total. The number of nitrogens with zero attached hydrogens (tertiary/aromatic N) is 3. The van der Waals surface area contributed by atoms with Crippen LogP contribution >= 0.6 is 12.4 Å². The van der Waals surface area contributed by atoms with Crippen molar-refractivity contribution in [3.05, 3.63) is 24.0 Å². The molecule has 1 heterocycles. The van der Waals surface area contributed by atoms with Gasteiger partial charge in [-0.05, 0) is 31.0 Å². The van der Waals surface area contributed by atoms with E-state index in [9.17, 15) is 8.42 Å². The number of ether oxygens (including phenoxy) is 1. The predicted molar refractivity (Wildman–Crippen MR) is 108 cm³/mol. The molecule has 0 bridgehead atoms. The SMILES string of the molecule is CCN(CC)S(=O)(=O)c1ccc(OC)c(-c2nc(C3(N)CCCC3)no2)c1.Cl. The Balaban J connectivity index is 0.00000280. The summed E-state index contributed by atoms with van der Waals surface area (Å²) in [5.41, 5.74) is 6.25.